The van der Waals surface area contributed by atoms with Crippen LogP contribution in [0.25, 0.3) is 0 Å². The monoisotopic (exact) mass is 344 g/mol. The molecule has 0 radical (unpaired) electrons. The average Bonchev–Trinajstić information content (AvgIpc) is 3.11. The van der Waals surface area contributed by atoms with Crippen molar-refractivity contribution in [1.29, 1.82) is 0 Å². The Labute approximate surface area is 143 Å². The Morgan fingerprint density at radius 3 is 2.92 bits per heavy atom. The molecule has 130 valence electrons. The number of furan rings is 1. The number of hydrogen-bond acceptors (Lipinski definition) is 6. The Bertz CT molecular complexity index is 799. The van der Waals surface area contributed by atoms with Gasteiger partial charge in [-0.05, 0) is 30.3 Å². The number of benzene rings is 1. The van der Waals surface area contributed by atoms with Crippen molar-refractivity contribution in [3.05, 3.63) is 47.9 Å². The quantitative estimate of drug-likeness (QED) is 0.824. The molecule has 0 atom stereocenters. The average molecular weight is 344 g/mol. The largest absolute Gasteiger partial charge is 0.482 e. The van der Waals surface area contributed by atoms with E-state index in [9.17, 15) is 14.4 Å². The Morgan fingerprint density at radius 2 is 2.16 bits per heavy atom. The number of anilines is 1. The molecule has 1 aliphatic heterocycles. The van der Waals surface area contributed by atoms with E-state index in [0.29, 0.717) is 17.2 Å². The Hall–Kier alpha value is -3.29. The lowest BCUT2D eigenvalue weighted by molar-refractivity contribution is -0.134. The van der Waals surface area contributed by atoms with Crippen molar-refractivity contribution in [3.8, 4) is 5.75 Å². The molecular weight excluding hydrogens is 328 g/mol. The van der Waals surface area contributed by atoms with Crippen LogP contribution in [-0.2, 0) is 20.9 Å². The highest BCUT2D eigenvalue weighted by Gasteiger charge is 2.19. The van der Waals surface area contributed by atoms with E-state index < -0.39 is 5.97 Å². The first-order valence-corrected chi connectivity index (χ1v) is 7.53. The zero-order chi connectivity index (χ0) is 17.8. The molecular formula is C17H16N2O6. The van der Waals surface area contributed by atoms with E-state index in [1.54, 1.807) is 25.2 Å². The second-order valence-electron chi connectivity index (χ2n) is 5.45. The van der Waals surface area contributed by atoms with Crippen LogP contribution >= 0.6 is 0 Å². The molecule has 0 bridgehead atoms. The molecule has 0 unspecified atom stereocenters. The molecule has 2 aromatic rings. The molecule has 8 heteroatoms. The van der Waals surface area contributed by atoms with Gasteiger partial charge in [-0.2, -0.15) is 0 Å². The van der Waals surface area contributed by atoms with Gasteiger partial charge in [0.25, 0.3) is 11.8 Å². The van der Waals surface area contributed by atoms with E-state index in [0.717, 1.165) is 0 Å². The van der Waals surface area contributed by atoms with Crippen LogP contribution in [0.3, 0.4) is 0 Å². The predicted octanol–water partition coefficient (Wildman–Crippen LogP) is 1.43. The Kier molecular flexibility index (Phi) is 4.69. The molecule has 1 aliphatic rings. The highest BCUT2D eigenvalue weighted by Crippen LogP contribution is 2.28. The maximum absolute atomic E-state index is 12.1. The summed E-state index contributed by atoms with van der Waals surface area (Å²) in [6.45, 7) is -0.206. The fourth-order valence-corrected chi connectivity index (χ4v) is 2.25. The minimum absolute atomic E-state index is 0.110. The number of likely N-dealkylation sites (N-methyl/N-ethyl adjacent to an activating group) is 1. The van der Waals surface area contributed by atoms with Crippen LogP contribution in [0.15, 0.2) is 41.0 Å². The number of amides is 2. The third kappa shape index (κ3) is 3.97. The van der Waals surface area contributed by atoms with E-state index in [1.807, 2.05) is 0 Å². The molecule has 8 nitrogen and oxygen atoms in total. The molecule has 0 fully saturated rings. The second-order valence-corrected chi connectivity index (χ2v) is 5.45. The number of fused-ring (bicyclic) bond motifs is 1. The fraction of sp³-hybridized carbons (Fsp3) is 0.235. The minimum Gasteiger partial charge on any atom is -0.482 e. The van der Waals surface area contributed by atoms with Crippen LogP contribution in [0.2, 0.25) is 0 Å². The molecule has 0 saturated carbocycles. The maximum atomic E-state index is 12.1. The Morgan fingerprint density at radius 1 is 1.32 bits per heavy atom. The van der Waals surface area contributed by atoms with Crippen molar-refractivity contribution in [2.75, 3.05) is 25.6 Å². The lowest BCUT2D eigenvalue weighted by Crippen LogP contribution is -2.30. The van der Waals surface area contributed by atoms with Crippen molar-refractivity contribution in [2.45, 2.75) is 6.54 Å². The van der Waals surface area contributed by atoms with Gasteiger partial charge in [0.15, 0.2) is 13.2 Å². The van der Waals surface area contributed by atoms with Crippen LogP contribution in [-0.4, -0.2) is 42.9 Å². The molecule has 0 saturated heterocycles. The summed E-state index contributed by atoms with van der Waals surface area (Å²) in [5.41, 5.74) is 0.721. The molecule has 3 rings (SSSR count). The first kappa shape index (κ1) is 16.6. The number of ether oxygens (including phenoxy) is 2. The molecule has 0 aliphatic carbocycles. The summed E-state index contributed by atoms with van der Waals surface area (Å²) in [7, 11) is 1.59. The number of carbonyl (C=O) groups excluding carboxylic acids is 3. The summed E-state index contributed by atoms with van der Waals surface area (Å²) < 4.78 is 15.4. The fourth-order valence-electron chi connectivity index (χ4n) is 2.25. The Balaban J connectivity index is 1.55. The van der Waals surface area contributed by atoms with Gasteiger partial charge in [-0.25, -0.2) is 4.79 Å². The van der Waals surface area contributed by atoms with Gasteiger partial charge in [-0.1, -0.05) is 0 Å². The zero-order valence-corrected chi connectivity index (χ0v) is 13.5. The number of carbonyl (C=O) groups is 3. The van der Waals surface area contributed by atoms with Crippen molar-refractivity contribution in [1.82, 2.24) is 4.90 Å². The van der Waals surface area contributed by atoms with Gasteiger partial charge in [0.05, 0.1) is 24.1 Å². The van der Waals surface area contributed by atoms with Gasteiger partial charge in [0, 0.05) is 7.05 Å². The summed E-state index contributed by atoms with van der Waals surface area (Å²) in [5.74, 6) is -0.242. The molecule has 25 heavy (non-hydrogen) atoms. The molecule has 2 amide bonds. The first-order chi connectivity index (χ1) is 12.0. The van der Waals surface area contributed by atoms with E-state index >= 15 is 0 Å². The standard InChI is InChI=1S/C17H16N2O6/c1-19(8-12-3-2-6-23-12)16(21)10-25-17(22)11-4-5-13-14(7-11)24-9-15(20)18-13/h2-7H,8-10H2,1H3,(H,18,20). The zero-order valence-electron chi connectivity index (χ0n) is 13.5. The lowest BCUT2D eigenvalue weighted by atomic mass is 10.1. The van der Waals surface area contributed by atoms with Crippen LogP contribution < -0.4 is 10.1 Å². The highest BCUT2D eigenvalue weighted by molar-refractivity contribution is 5.97. The predicted molar refractivity (Wildman–Crippen MR) is 86.0 cm³/mol. The first-order valence-electron chi connectivity index (χ1n) is 7.53. The molecule has 1 aromatic heterocycles. The minimum atomic E-state index is -0.650. The summed E-state index contributed by atoms with van der Waals surface area (Å²) in [5, 5.41) is 2.63. The van der Waals surface area contributed by atoms with E-state index in [1.165, 1.54) is 23.3 Å². The van der Waals surface area contributed by atoms with E-state index in [4.69, 9.17) is 13.9 Å². The van der Waals surface area contributed by atoms with Gasteiger partial charge >= 0.3 is 5.97 Å². The van der Waals surface area contributed by atoms with Gasteiger partial charge in [-0.3, -0.25) is 9.59 Å². The number of esters is 1. The van der Waals surface area contributed by atoms with Crippen molar-refractivity contribution in [2.24, 2.45) is 0 Å². The summed E-state index contributed by atoms with van der Waals surface area (Å²) in [6.07, 6.45) is 1.52. The van der Waals surface area contributed by atoms with Crippen LogP contribution in [0, 0.1) is 0 Å². The number of hydrogen-bond donors (Lipinski definition) is 1. The normalized spacial score (nSPS) is 12.6. The second kappa shape index (κ2) is 7.08. The third-order valence-corrected chi connectivity index (χ3v) is 3.58. The van der Waals surface area contributed by atoms with Crippen molar-refractivity contribution < 1.29 is 28.3 Å². The van der Waals surface area contributed by atoms with Crippen LogP contribution in [0.1, 0.15) is 16.1 Å². The molecule has 2 heterocycles. The van der Waals surface area contributed by atoms with Crippen LogP contribution in [0.4, 0.5) is 5.69 Å². The summed E-state index contributed by atoms with van der Waals surface area (Å²) >= 11 is 0. The van der Waals surface area contributed by atoms with Crippen molar-refractivity contribution >= 4 is 23.5 Å². The van der Waals surface area contributed by atoms with Gasteiger partial charge in [-0.15, -0.1) is 0 Å². The van der Waals surface area contributed by atoms with Gasteiger partial charge < -0.3 is 24.1 Å². The highest BCUT2D eigenvalue weighted by atomic mass is 16.5. The van der Waals surface area contributed by atoms with Crippen LogP contribution in [0.5, 0.6) is 5.75 Å². The van der Waals surface area contributed by atoms with Gasteiger partial charge in [0.2, 0.25) is 0 Å². The maximum Gasteiger partial charge on any atom is 0.338 e. The number of nitrogens with zero attached hydrogens (tertiary/aromatic N) is 1. The van der Waals surface area contributed by atoms with E-state index in [2.05, 4.69) is 5.32 Å². The lowest BCUT2D eigenvalue weighted by Gasteiger charge is -2.18. The summed E-state index contributed by atoms with van der Waals surface area (Å²) in [4.78, 5) is 36.7. The van der Waals surface area contributed by atoms with Gasteiger partial charge in [0.1, 0.15) is 11.5 Å². The SMILES string of the molecule is CN(Cc1ccco1)C(=O)COC(=O)c1ccc2c(c1)OCC(=O)N2. The number of rotatable bonds is 5. The molecule has 1 N–H and O–H groups in total. The van der Waals surface area contributed by atoms with E-state index in [-0.39, 0.29) is 37.1 Å². The topological polar surface area (TPSA) is 98.1 Å². The van der Waals surface area contributed by atoms with Crippen molar-refractivity contribution in [3.63, 3.8) is 0 Å². The smallest absolute Gasteiger partial charge is 0.338 e. The molecule has 1 aromatic carbocycles. The number of nitrogens with one attached hydrogen (secondary N) is 1. The summed E-state index contributed by atoms with van der Waals surface area (Å²) in [6, 6.07) is 7.99. The molecule has 0 spiro atoms. The third-order valence-electron chi connectivity index (χ3n) is 3.58.